The molecule has 28 heavy (non-hydrogen) atoms. The van der Waals surface area contributed by atoms with Crippen molar-refractivity contribution in [3.63, 3.8) is 0 Å². The van der Waals surface area contributed by atoms with Crippen LogP contribution in [0, 0.1) is 0 Å². The lowest BCUT2D eigenvalue weighted by atomic mass is 9.86. The van der Waals surface area contributed by atoms with Crippen molar-refractivity contribution in [3.05, 3.63) is 82.7 Å². The quantitative estimate of drug-likeness (QED) is 0.391. The first-order chi connectivity index (χ1) is 13.4. The van der Waals surface area contributed by atoms with Gasteiger partial charge >= 0.3 is 5.63 Å². The monoisotopic (exact) mass is 371 g/mol. The van der Waals surface area contributed by atoms with Crippen LogP contribution in [-0.2, 0) is 5.41 Å². The van der Waals surface area contributed by atoms with Crippen molar-refractivity contribution in [1.29, 1.82) is 0 Å². The molecule has 0 fully saturated rings. The molecule has 0 unspecified atom stereocenters. The van der Waals surface area contributed by atoms with Gasteiger partial charge in [0.25, 0.3) is 0 Å². The molecule has 0 aliphatic rings. The highest BCUT2D eigenvalue weighted by molar-refractivity contribution is 6.00. The fourth-order valence-corrected chi connectivity index (χ4v) is 3.75. The van der Waals surface area contributed by atoms with Gasteiger partial charge in [-0.3, -0.25) is 0 Å². The molecule has 3 nitrogen and oxygen atoms in total. The largest absolute Gasteiger partial charge is 0.423 e. The van der Waals surface area contributed by atoms with E-state index in [-0.39, 0.29) is 11.0 Å². The molecule has 0 atom stereocenters. The summed E-state index contributed by atoms with van der Waals surface area (Å²) in [5, 5.41) is 3.29. The second-order valence-corrected chi connectivity index (χ2v) is 8.15. The topological polar surface area (TPSA) is 33.5 Å². The van der Waals surface area contributed by atoms with E-state index in [2.05, 4.69) is 75.1 Å². The highest BCUT2D eigenvalue weighted by Crippen LogP contribution is 2.36. The molecule has 3 aromatic carbocycles. The van der Waals surface area contributed by atoms with Gasteiger partial charge in [0.1, 0.15) is 5.58 Å². The van der Waals surface area contributed by atoms with Gasteiger partial charge in [-0.05, 0) is 41.5 Å². The van der Waals surface area contributed by atoms with Gasteiger partial charge in [0, 0.05) is 29.1 Å². The number of hydrogen-bond donors (Lipinski definition) is 0. The third-order valence-electron chi connectivity index (χ3n) is 5.25. The number of hydrogen-bond acceptors (Lipinski definition) is 3. The lowest BCUT2D eigenvalue weighted by Crippen LogP contribution is -2.19. The van der Waals surface area contributed by atoms with Gasteiger partial charge in [-0.2, -0.15) is 0 Å². The molecule has 0 amide bonds. The van der Waals surface area contributed by atoms with Crippen molar-refractivity contribution in [1.82, 2.24) is 0 Å². The summed E-state index contributed by atoms with van der Waals surface area (Å²) in [6.45, 7) is 9.32. The van der Waals surface area contributed by atoms with Gasteiger partial charge in [-0.1, -0.05) is 63.2 Å². The molecule has 0 aliphatic heterocycles. The van der Waals surface area contributed by atoms with Crippen molar-refractivity contribution in [2.75, 3.05) is 11.4 Å². The van der Waals surface area contributed by atoms with E-state index >= 15 is 0 Å². The summed E-state index contributed by atoms with van der Waals surface area (Å²) < 4.78 is 5.57. The number of anilines is 2. The summed E-state index contributed by atoms with van der Waals surface area (Å²) in [4.78, 5) is 14.6. The summed E-state index contributed by atoms with van der Waals surface area (Å²) in [5.41, 5.74) is 3.41. The van der Waals surface area contributed by atoms with Crippen molar-refractivity contribution in [2.45, 2.75) is 33.1 Å². The predicted molar refractivity (Wildman–Crippen MR) is 118 cm³/mol. The molecule has 1 heterocycles. The molecular formula is C25H25NO2. The van der Waals surface area contributed by atoms with Gasteiger partial charge in [-0.15, -0.1) is 0 Å². The first-order valence-electron chi connectivity index (χ1n) is 9.72. The normalized spacial score (nSPS) is 11.9. The van der Waals surface area contributed by atoms with E-state index in [1.807, 2.05) is 18.2 Å². The summed E-state index contributed by atoms with van der Waals surface area (Å²) >= 11 is 0. The van der Waals surface area contributed by atoms with Crippen LogP contribution in [0.1, 0.15) is 33.3 Å². The van der Waals surface area contributed by atoms with E-state index in [0.717, 1.165) is 28.9 Å². The van der Waals surface area contributed by atoms with Crippen molar-refractivity contribution < 1.29 is 4.42 Å². The maximum atomic E-state index is 12.4. The van der Waals surface area contributed by atoms with Crippen LogP contribution in [0.25, 0.3) is 21.7 Å². The number of benzene rings is 3. The summed E-state index contributed by atoms with van der Waals surface area (Å²) in [6.07, 6.45) is 0. The van der Waals surface area contributed by atoms with Crippen LogP contribution in [0.3, 0.4) is 0 Å². The standard InChI is InChI=1S/C25H25NO2/c1-5-26(21-12-8-10-17-9-6-7-11-19(17)21)22-16-24(27)28-23-15-18(25(2,3)4)13-14-20(22)23/h6-16H,5H2,1-4H3. The predicted octanol–water partition coefficient (Wildman–Crippen LogP) is 6.40. The average molecular weight is 371 g/mol. The van der Waals surface area contributed by atoms with Crippen LogP contribution in [0.4, 0.5) is 11.4 Å². The third kappa shape index (κ3) is 3.18. The van der Waals surface area contributed by atoms with Crippen LogP contribution >= 0.6 is 0 Å². The lowest BCUT2D eigenvalue weighted by molar-refractivity contribution is 0.553. The fourth-order valence-electron chi connectivity index (χ4n) is 3.75. The van der Waals surface area contributed by atoms with E-state index < -0.39 is 0 Å². The molecule has 142 valence electrons. The minimum absolute atomic E-state index is 0.0111. The van der Waals surface area contributed by atoms with E-state index in [9.17, 15) is 4.79 Å². The van der Waals surface area contributed by atoms with Crippen molar-refractivity contribution >= 4 is 33.1 Å². The van der Waals surface area contributed by atoms with Gasteiger partial charge in [0.2, 0.25) is 0 Å². The van der Waals surface area contributed by atoms with E-state index in [4.69, 9.17) is 4.42 Å². The van der Waals surface area contributed by atoms with E-state index in [1.54, 1.807) is 6.07 Å². The molecule has 0 spiro atoms. The Morgan fingerprint density at radius 3 is 2.36 bits per heavy atom. The lowest BCUT2D eigenvalue weighted by Gasteiger charge is -2.26. The minimum atomic E-state index is -0.327. The smallest absolute Gasteiger partial charge is 0.338 e. The molecule has 4 aromatic rings. The molecule has 0 aliphatic carbocycles. The highest BCUT2D eigenvalue weighted by Gasteiger charge is 2.19. The van der Waals surface area contributed by atoms with Gasteiger partial charge in [0.15, 0.2) is 0 Å². The third-order valence-corrected chi connectivity index (χ3v) is 5.25. The first kappa shape index (κ1) is 18.3. The maximum Gasteiger partial charge on any atom is 0.338 e. The molecule has 0 saturated heterocycles. The zero-order valence-electron chi connectivity index (χ0n) is 16.8. The van der Waals surface area contributed by atoms with Crippen LogP contribution in [-0.4, -0.2) is 6.54 Å². The Hall–Kier alpha value is -3.07. The van der Waals surface area contributed by atoms with Crippen LogP contribution < -0.4 is 10.5 Å². The van der Waals surface area contributed by atoms with Gasteiger partial charge in [0.05, 0.1) is 5.69 Å². The molecular weight excluding hydrogens is 346 g/mol. The number of nitrogens with zero attached hydrogens (tertiary/aromatic N) is 1. The van der Waals surface area contributed by atoms with Crippen molar-refractivity contribution in [3.8, 4) is 0 Å². The summed E-state index contributed by atoms with van der Waals surface area (Å²) in [7, 11) is 0. The Morgan fingerprint density at radius 1 is 0.857 bits per heavy atom. The Labute approximate surface area is 165 Å². The Balaban J connectivity index is 1.97. The Bertz CT molecular complexity index is 1210. The average Bonchev–Trinajstić information content (AvgIpc) is 2.67. The van der Waals surface area contributed by atoms with Crippen LogP contribution in [0.2, 0.25) is 0 Å². The van der Waals surface area contributed by atoms with E-state index in [1.165, 1.54) is 10.8 Å². The second kappa shape index (κ2) is 6.83. The number of rotatable bonds is 3. The zero-order chi connectivity index (χ0) is 19.9. The Morgan fingerprint density at radius 2 is 1.61 bits per heavy atom. The zero-order valence-corrected chi connectivity index (χ0v) is 16.8. The molecule has 0 saturated carbocycles. The van der Waals surface area contributed by atoms with Gasteiger partial charge in [-0.25, -0.2) is 4.79 Å². The summed E-state index contributed by atoms with van der Waals surface area (Å²) in [5.74, 6) is 0. The van der Waals surface area contributed by atoms with Crippen LogP contribution in [0.15, 0.2) is 75.9 Å². The molecule has 0 radical (unpaired) electrons. The number of fused-ring (bicyclic) bond motifs is 2. The summed E-state index contributed by atoms with van der Waals surface area (Å²) in [6, 6.07) is 22.4. The molecule has 1 aromatic heterocycles. The van der Waals surface area contributed by atoms with E-state index in [0.29, 0.717) is 5.58 Å². The van der Waals surface area contributed by atoms with Crippen LogP contribution in [0.5, 0.6) is 0 Å². The maximum absolute atomic E-state index is 12.4. The first-order valence-corrected chi connectivity index (χ1v) is 9.72. The molecule has 4 rings (SSSR count). The van der Waals surface area contributed by atoms with Gasteiger partial charge < -0.3 is 9.32 Å². The molecule has 3 heteroatoms. The molecule has 0 bridgehead atoms. The fraction of sp³-hybridized carbons (Fsp3) is 0.240. The molecule has 0 N–H and O–H groups in total. The second-order valence-electron chi connectivity index (χ2n) is 8.15. The SMILES string of the molecule is CCN(c1cccc2ccccc12)c1cc(=O)oc2cc(C(C)(C)C)ccc12. The minimum Gasteiger partial charge on any atom is -0.423 e. The highest BCUT2D eigenvalue weighted by atomic mass is 16.4. The van der Waals surface area contributed by atoms with Crippen molar-refractivity contribution in [2.24, 2.45) is 0 Å². The Kier molecular flexibility index (Phi) is 4.46.